The van der Waals surface area contributed by atoms with Crippen molar-refractivity contribution in [1.29, 1.82) is 0 Å². The molecule has 0 fully saturated rings. The van der Waals surface area contributed by atoms with E-state index >= 15 is 0 Å². The van der Waals surface area contributed by atoms with Crippen LogP contribution in [-0.2, 0) is 14.3 Å². The first kappa shape index (κ1) is 22.6. The number of ether oxygens (including phenoxy) is 1. The molecule has 2 atom stereocenters. The minimum Gasteiger partial charge on any atom is -0.478 e. The van der Waals surface area contributed by atoms with Crippen molar-refractivity contribution in [3.8, 4) is 0 Å². The van der Waals surface area contributed by atoms with E-state index in [1.165, 1.54) is 13.0 Å². The molecule has 0 aliphatic rings. The van der Waals surface area contributed by atoms with Crippen molar-refractivity contribution in [2.45, 2.75) is 59.2 Å². The Morgan fingerprint density at radius 2 is 1.64 bits per heavy atom. The van der Waals surface area contributed by atoms with Gasteiger partial charge in [-0.05, 0) is 33.1 Å². The molecule has 0 aromatic heterocycles. The number of hydrogen-bond donors (Lipinski definition) is 3. The van der Waals surface area contributed by atoms with Crippen LogP contribution in [0.25, 0.3) is 0 Å². The second-order valence-electron chi connectivity index (χ2n) is 4.93. The van der Waals surface area contributed by atoms with Crippen LogP contribution in [0.3, 0.4) is 0 Å². The average Bonchev–Trinajstić information content (AvgIpc) is 2.49. The van der Waals surface area contributed by atoms with Gasteiger partial charge in [0.05, 0.1) is 12.2 Å². The van der Waals surface area contributed by atoms with Gasteiger partial charge in [-0.3, -0.25) is 0 Å². The Kier molecular flexibility index (Phi) is 13.4. The lowest BCUT2D eigenvalue weighted by Gasteiger charge is -2.07. The minimum absolute atomic E-state index is 0.0577. The molecule has 0 amide bonds. The number of carbonyl (C=O) groups is 2. The minimum atomic E-state index is -0.923. The third kappa shape index (κ3) is 13.3. The fourth-order valence-electron chi connectivity index (χ4n) is 0.980. The van der Waals surface area contributed by atoms with Gasteiger partial charge in [-0.25, -0.2) is 9.59 Å². The molecule has 0 aliphatic heterocycles. The zero-order valence-corrected chi connectivity index (χ0v) is 13.8. The van der Waals surface area contributed by atoms with Gasteiger partial charge in [0.2, 0.25) is 0 Å². The third-order valence-electron chi connectivity index (χ3n) is 2.73. The number of carbonyl (C=O) groups excluding carboxylic acids is 1. The first-order chi connectivity index (χ1) is 10.1. The summed E-state index contributed by atoms with van der Waals surface area (Å²) in [5, 5.41) is 26.5. The molecule has 0 bridgehead atoms. The Morgan fingerprint density at radius 3 is 2.00 bits per heavy atom. The molecule has 0 saturated carbocycles. The summed E-state index contributed by atoms with van der Waals surface area (Å²) in [5.41, 5.74) is 0.644. The number of rotatable bonds is 8. The van der Waals surface area contributed by atoms with Crippen molar-refractivity contribution in [2.24, 2.45) is 0 Å². The van der Waals surface area contributed by atoms with E-state index in [1.54, 1.807) is 6.92 Å². The van der Waals surface area contributed by atoms with Crippen LogP contribution in [0.5, 0.6) is 0 Å². The van der Waals surface area contributed by atoms with E-state index in [0.717, 1.165) is 0 Å². The van der Waals surface area contributed by atoms with Crippen molar-refractivity contribution in [3.05, 3.63) is 23.8 Å². The molecular weight excluding hydrogens is 288 g/mol. The zero-order chi connectivity index (χ0) is 17.7. The van der Waals surface area contributed by atoms with Gasteiger partial charge in [-0.1, -0.05) is 26.5 Å². The van der Waals surface area contributed by atoms with Crippen LogP contribution in [-0.4, -0.2) is 46.1 Å². The smallest absolute Gasteiger partial charge is 0.333 e. The Labute approximate surface area is 132 Å². The lowest BCUT2D eigenvalue weighted by atomic mass is 10.1. The predicted octanol–water partition coefficient (Wildman–Crippen LogP) is 2.05. The lowest BCUT2D eigenvalue weighted by Crippen LogP contribution is -2.17. The first-order valence-corrected chi connectivity index (χ1v) is 7.24. The number of carboxylic acid groups (broad SMARTS) is 1. The van der Waals surface area contributed by atoms with Gasteiger partial charge >= 0.3 is 11.9 Å². The van der Waals surface area contributed by atoms with Crippen LogP contribution in [0.4, 0.5) is 0 Å². The summed E-state index contributed by atoms with van der Waals surface area (Å²) < 4.78 is 4.67. The maximum absolute atomic E-state index is 10.7. The Morgan fingerprint density at radius 1 is 1.14 bits per heavy atom. The molecule has 0 aromatic carbocycles. The topological polar surface area (TPSA) is 104 Å². The summed E-state index contributed by atoms with van der Waals surface area (Å²) >= 11 is 0. The largest absolute Gasteiger partial charge is 0.478 e. The van der Waals surface area contributed by atoms with Crippen molar-refractivity contribution in [2.75, 3.05) is 6.61 Å². The maximum Gasteiger partial charge on any atom is 0.333 e. The second-order valence-corrected chi connectivity index (χ2v) is 4.93. The average molecular weight is 316 g/mol. The maximum atomic E-state index is 10.7. The molecule has 0 heterocycles. The van der Waals surface area contributed by atoms with E-state index in [9.17, 15) is 9.59 Å². The summed E-state index contributed by atoms with van der Waals surface area (Å²) in [6, 6.07) is 0. The molecule has 0 aliphatic carbocycles. The molecule has 22 heavy (non-hydrogen) atoms. The number of esters is 1. The first-order valence-electron chi connectivity index (χ1n) is 7.24. The zero-order valence-electron chi connectivity index (χ0n) is 13.8. The molecule has 6 nitrogen and oxygen atoms in total. The highest BCUT2D eigenvalue weighted by atomic mass is 16.5. The third-order valence-corrected chi connectivity index (χ3v) is 2.73. The van der Waals surface area contributed by atoms with Crippen LogP contribution < -0.4 is 0 Å². The van der Waals surface area contributed by atoms with Crippen LogP contribution in [0.2, 0.25) is 0 Å². The highest BCUT2D eigenvalue weighted by Gasteiger charge is 2.06. The summed E-state index contributed by atoms with van der Waals surface area (Å²) in [5.74, 6) is -1.37. The van der Waals surface area contributed by atoms with Crippen LogP contribution >= 0.6 is 0 Å². The normalized spacial score (nSPS) is 13.5. The quantitative estimate of drug-likeness (QED) is 0.468. The molecule has 0 radical (unpaired) electrons. The standard InChI is InChI=1S/2C8H14O3/c1-4-7(9)5-11-8(10)6(2)3;1-3-7(9)5-4-6(2)8(10)11/h7,9H,2,4-5H2,1,3H3;4,7,9H,3,5H2,1-2H3,(H,10,11). The van der Waals surface area contributed by atoms with Gasteiger partial charge in [-0.2, -0.15) is 0 Å². The molecule has 2 unspecified atom stereocenters. The molecule has 128 valence electrons. The number of aliphatic hydroxyl groups is 2. The summed E-state index contributed by atoms with van der Waals surface area (Å²) in [7, 11) is 0. The van der Waals surface area contributed by atoms with E-state index < -0.39 is 24.1 Å². The highest BCUT2D eigenvalue weighted by molar-refractivity contribution is 5.87. The van der Waals surface area contributed by atoms with E-state index in [2.05, 4.69) is 11.3 Å². The molecule has 0 spiro atoms. The van der Waals surface area contributed by atoms with Crippen LogP contribution in [0.15, 0.2) is 23.8 Å². The summed E-state index contributed by atoms with van der Waals surface area (Å²) in [4.78, 5) is 21.0. The van der Waals surface area contributed by atoms with E-state index in [-0.39, 0.29) is 12.2 Å². The second kappa shape index (κ2) is 13.0. The monoisotopic (exact) mass is 316 g/mol. The van der Waals surface area contributed by atoms with Crippen molar-refractivity contribution < 1.29 is 29.6 Å². The SMILES string of the molecule is C=C(C)C(=O)OCC(O)CC.CCC(O)CC=C(C)C(=O)O. The highest BCUT2D eigenvalue weighted by Crippen LogP contribution is 2.01. The summed E-state index contributed by atoms with van der Waals surface area (Å²) in [6.07, 6.45) is 2.24. The molecule has 0 rings (SSSR count). The lowest BCUT2D eigenvalue weighted by molar-refractivity contribution is -0.141. The fraction of sp³-hybridized carbons (Fsp3) is 0.625. The number of aliphatic hydroxyl groups excluding tert-OH is 2. The Balaban J connectivity index is 0. The molecule has 6 heteroatoms. The summed E-state index contributed by atoms with van der Waals surface area (Å²) in [6.45, 7) is 10.2. The molecule has 0 aromatic rings. The van der Waals surface area contributed by atoms with Gasteiger partial charge in [-0.15, -0.1) is 0 Å². The van der Waals surface area contributed by atoms with Gasteiger partial charge in [0.15, 0.2) is 0 Å². The van der Waals surface area contributed by atoms with Crippen molar-refractivity contribution in [3.63, 3.8) is 0 Å². The van der Waals surface area contributed by atoms with Gasteiger partial charge in [0.1, 0.15) is 6.61 Å². The number of hydrogen-bond acceptors (Lipinski definition) is 5. The van der Waals surface area contributed by atoms with E-state index in [0.29, 0.717) is 24.8 Å². The van der Waals surface area contributed by atoms with E-state index in [1.807, 2.05) is 13.8 Å². The number of carboxylic acids is 1. The molecule has 0 saturated heterocycles. The van der Waals surface area contributed by atoms with Crippen LogP contribution in [0, 0.1) is 0 Å². The number of aliphatic carboxylic acids is 1. The van der Waals surface area contributed by atoms with Gasteiger partial charge < -0.3 is 20.1 Å². The Hall–Kier alpha value is -1.66. The van der Waals surface area contributed by atoms with Crippen LogP contribution in [0.1, 0.15) is 47.0 Å². The fourth-order valence-corrected chi connectivity index (χ4v) is 0.980. The van der Waals surface area contributed by atoms with Gasteiger partial charge in [0.25, 0.3) is 0 Å². The predicted molar refractivity (Wildman–Crippen MR) is 84.4 cm³/mol. The molecule has 3 N–H and O–H groups in total. The van der Waals surface area contributed by atoms with Crippen molar-refractivity contribution >= 4 is 11.9 Å². The van der Waals surface area contributed by atoms with Crippen molar-refractivity contribution in [1.82, 2.24) is 0 Å². The van der Waals surface area contributed by atoms with E-state index in [4.69, 9.17) is 15.3 Å². The Bertz CT molecular complexity index is 386. The van der Waals surface area contributed by atoms with Gasteiger partial charge in [0, 0.05) is 11.1 Å². The molecular formula is C16H28O6.